The van der Waals surface area contributed by atoms with Crippen LogP contribution in [-0.2, 0) is 23.1 Å². The Morgan fingerprint density at radius 1 is 1.17 bits per heavy atom. The van der Waals surface area contributed by atoms with Crippen LogP contribution in [0.25, 0.3) is 11.3 Å². The quantitative estimate of drug-likeness (QED) is 0.388. The number of para-hydroxylation sites is 1. The van der Waals surface area contributed by atoms with Gasteiger partial charge in [0.25, 0.3) is 0 Å². The average Bonchev–Trinajstić information content (AvgIpc) is 3.48. The Hall–Kier alpha value is -2.78. The van der Waals surface area contributed by atoms with Crippen LogP contribution in [0.4, 0.5) is 4.39 Å². The fourth-order valence-electron chi connectivity index (χ4n) is 4.44. The van der Waals surface area contributed by atoms with E-state index in [1.54, 1.807) is 29.9 Å². The van der Waals surface area contributed by atoms with E-state index in [0.717, 1.165) is 36.3 Å². The minimum Gasteiger partial charge on any atom is -0.436 e. The molecule has 0 saturated carbocycles. The second kappa shape index (κ2) is 12.5. The number of aromatic nitrogens is 2. The summed E-state index contributed by atoms with van der Waals surface area (Å²) in [7, 11) is 1.79. The summed E-state index contributed by atoms with van der Waals surface area (Å²) in [4.78, 5) is 2.15. The summed E-state index contributed by atoms with van der Waals surface area (Å²) < 4.78 is 33.8. The van der Waals surface area contributed by atoms with E-state index >= 15 is 0 Å². The van der Waals surface area contributed by atoms with Crippen molar-refractivity contribution < 1.29 is 23.7 Å². The van der Waals surface area contributed by atoms with Crippen molar-refractivity contribution in [1.82, 2.24) is 14.7 Å². The van der Waals surface area contributed by atoms with E-state index in [-0.39, 0.29) is 24.6 Å². The molecule has 2 heterocycles. The largest absolute Gasteiger partial charge is 0.436 e. The molecule has 194 valence electrons. The van der Waals surface area contributed by atoms with E-state index < -0.39 is 11.9 Å². The van der Waals surface area contributed by atoms with Crippen LogP contribution in [0, 0.1) is 5.82 Å². The van der Waals surface area contributed by atoms with Crippen molar-refractivity contribution in [1.29, 1.82) is 0 Å². The molecule has 1 N–H and O–H groups in total. The first kappa shape index (κ1) is 26.3. The lowest BCUT2D eigenvalue weighted by Gasteiger charge is -2.28. The van der Waals surface area contributed by atoms with Crippen molar-refractivity contribution in [2.24, 2.45) is 7.05 Å². The summed E-state index contributed by atoms with van der Waals surface area (Å²) in [5.41, 5.74) is 2.52. The molecule has 0 unspecified atom stereocenters. The van der Waals surface area contributed by atoms with Crippen LogP contribution < -0.4 is 4.74 Å². The molecule has 2 aromatic carbocycles. The van der Waals surface area contributed by atoms with E-state index in [9.17, 15) is 9.50 Å². The fourth-order valence-corrected chi connectivity index (χ4v) is 4.44. The number of hydrogen-bond acceptors (Lipinski definition) is 6. The third-order valence-corrected chi connectivity index (χ3v) is 6.14. The molecule has 0 aliphatic carbocycles. The van der Waals surface area contributed by atoms with Gasteiger partial charge in [0.15, 0.2) is 11.6 Å². The third kappa shape index (κ3) is 6.91. The van der Waals surface area contributed by atoms with Crippen LogP contribution in [-0.4, -0.2) is 64.4 Å². The lowest BCUT2D eigenvalue weighted by atomic mass is 10.1. The first-order chi connectivity index (χ1) is 17.4. The van der Waals surface area contributed by atoms with E-state index in [1.807, 2.05) is 44.2 Å². The Bertz CT molecular complexity index is 1100. The van der Waals surface area contributed by atoms with Gasteiger partial charge in [-0.1, -0.05) is 42.5 Å². The molecule has 4 rings (SSSR count). The maximum Gasteiger partial charge on any atom is 0.222 e. The van der Waals surface area contributed by atoms with Gasteiger partial charge in [-0.3, -0.25) is 4.90 Å². The van der Waals surface area contributed by atoms with E-state index in [0.29, 0.717) is 25.5 Å². The molecule has 8 heteroatoms. The molecule has 3 aromatic rings. The van der Waals surface area contributed by atoms with Gasteiger partial charge in [-0.05, 0) is 38.8 Å². The van der Waals surface area contributed by atoms with Gasteiger partial charge in [0.2, 0.25) is 5.88 Å². The molecule has 0 spiro atoms. The Labute approximate surface area is 212 Å². The SMILES string of the molecule is CC(C)OC[C@H](O)CN(Cc1c(-c2ccccc2)nn(C)c1Oc1ccccc1F)C[C@@H]1CCCO1. The predicted molar refractivity (Wildman–Crippen MR) is 136 cm³/mol. The van der Waals surface area contributed by atoms with Gasteiger partial charge in [0.1, 0.15) is 5.69 Å². The number of aryl methyl sites for hydroxylation is 1. The number of halogens is 1. The van der Waals surface area contributed by atoms with Gasteiger partial charge in [-0.15, -0.1) is 0 Å². The van der Waals surface area contributed by atoms with Gasteiger partial charge in [0, 0.05) is 38.9 Å². The van der Waals surface area contributed by atoms with Crippen molar-refractivity contribution in [3.63, 3.8) is 0 Å². The number of hydrogen-bond donors (Lipinski definition) is 1. The maximum absolute atomic E-state index is 14.5. The van der Waals surface area contributed by atoms with Gasteiger partial charge < -0.3 is 19.3 Å². The molecule has 1 aromatic heterocycles. The van der Waals surface area contributed by atoms with Crippen molar-refractivity contribution in [3.8, 4) is 22.9 Å². The summed E-state index contributed by atoms with van der Waals surface area (Å²) in [6.07, 6.45) is 1.47. The lowest BCUT2D eigenvalue weighted by molar-refractivity contribution is -0.0172. The number of rotatable bonds is 12. The number of benzene rings is 2. The predicted octanol–water partition coefficient (Wildman–Crippen LogP) is 4.79. The molecule has 0 radical (unpaired) electrons. The fraction of sp³-hybridized carbons (Fsp3) is 0.464. The summed E-state index contributed by atoms with van der Waals surface area (Å²) in [6.45, 7) is 6.39. The minimum atomic E-state index is -0.665. The van der Waals surface area contributed by atoms with Crippen molar-refractivity contribution in [2.75, 3.05) is 26.3 Å². The Morgan fingerprint density at radius 3 is 2.61 bits per heavy atom. The highest BCUT2D eigenvalue weighted by Gasteiger charge is 2.27. The molecule has 36 heavy (non-hydrogen) atoms. The lowest BCUT2D eigenvalue weighted by Crippen LogP contribution is -2.39. The number of aliphatic hydroxyl groups excluding tert-OH is 1. The van der Waals surface area contributed by atoms with Crippen LogP contribution >= 0.6 is 0 Å². The van der Waals surface area contributed by atoms with Gasteiger partial charge >= 0.3 is 0 Å². The third-order valence-electron chi connectivity index (χ3n) is 6.14. The van der Waals surface area contributed by atoms with Crippen molar-refractivity contribution in [2.45, 2.75) is 51.5 Å². The first-order valence-corrected chi connectivity index (χ1v) is 12.6. The summed E-state index contributed by atoms with van der Waals surface area (Å²) in [6, 6.07) is 16.2. The zero-order chi connectivity index (χ0) is 25.5. The highest BCUT2D eigenvalue weighted by molar-refractivity contribution is 5.65. The Kier molecular flexibility index (Phi) is 9.09. The molecule has 1 aliphatic heterocycles. The van der Waals surface area contributed by atoms with E-state index in [4.69, 9.17) is 19.3 Å². The second-order valence-electron chi connectivity index (χ2n) is 9.52. The zero-order valence-corrected chi connectivity index (χ0v) is 21.3. The molecule has 7 nitrogen and oxygen atoms in total. The smallest absolute Gasteiger partial charge is 0.222 e. The number of aliphatic hydroxyl groups is 1. The van der Waals surface area contributed by atoms with Crippen LogP contribution in [0.3, 0.4) is 0 Å². The standard InChI is InChI=1S/C28H36FN3O4/c1-20(2)35-19-22(33)16-32(17-23-12-9-15-34-23)18-24-27(21-10-5-4-6-11-21)30-31(3)28(24)36-26-14-8-7-13-25(26)29/h4-8,10-11,13-14,20,22-23,33H,9,12,15-19H2,1-3H3/t22-,23+/m1/s1. The van der Waals surface area contributed by atoms with Crippen LogP contribution in [0.5, 0.6) is 11.6 Å². The number of ether oxygens (including phenoxy) is 3. The molecule has 1 aliphatic rings. The minimum absolute atomic E-state index is 0.0371. The van der Waals surface area contributed by atoms with Crippen LogP contribution in [0.2, 0.25) is 0 Å². The van der Waals surface area contributed by atoms with Gasteiger partial charge in [-0.25, -0.2) is 9.07 Å². The summed E-state index contributed by atoms with van der Waals surface area (Å²) in [5, 5.41) is 15.5. The zero-order valence-electron chi connectivity index (χ0n) is 21.3. The van der Waals surface area contributed by atoms with E-state index in [1.165, 1.54) is 6.07 Å². The number of nitrogens with zero attached hydrogens (tertiary/aromatic N) is 3. The molecule has 0 bridgehead atoms. The summed E-state index contributed by atoms with van der Waals surface area (Å²) in [5.74, 6) is 0.157. The van der Waals surface area contributed by atoms with E-state index in [2.05, 4.69) is 4.90 Å². The molecule has 0 amide bonds. The molecular formula is C28H36FN3O4. The normalized spacial score (nSPS) is 16.7. The molecule has 1 fully saturated rings. The topological polar surface area (TPSA) is 69.0 Å². The van der Waals surface area contributed by atoms with Crippen molar-refractivity contribution >= 4 is 0 Å². The highest BCUT2D eigenvalue weighted by atomic mass is 19.1. The first-order valence-electron chi connectivity index (χ1n) is 12.6. The monoisotopic (exact) mass is 497 g/mol. The molecule has 1 saturated heterocycles. The second-order valence-corrected chi connectivity index (χ2v) is 9.52. The van der Waals surface area contributed by atoms with Gasteiger partial charge in [0.05, 0.1) is 30.5 Å². The van der Waals surface area contributed by atoms with Crippen LogP contribution in [0.1, 0.15) is 32.3 Å². The maximum atomic E-state index is 14.5. The average molecular weight is 498 g/mol. The van der Waals surface area contributed by atoms with Crippen LogP contribution in [0.15, 0.2) is 54.6 Å². The molecule has 2 atom stereocenters. The molecular weight excluding hydrogens is 461 g/mol. The van der Waals surface area contributed by atoms with Crippen molar-refractivity contribution in [3.05, 3.63) is 66.0 Å². The van der Waals surface area contributed by atoms with Gasteiger partial charge in [-0.2, -0.15) is 5.10 Å². The Morgan fingerprint density at radius 2 is 1.92 bits per heavy atom. The Balaban J connectivity index is 1.67. The summed E-state index contributed by atoms with van der Waals surface area (Å²) >= 11 is 0. The highest BCUT2D eigenvalue weighted by Crippen LogP contribution is 2.35.